The number of benzene rings is 1. The van der Waals surface area contributed by atoms with Crippen molar-refractivity contribution in [2.24, 2.45) is 10.8 Å². The first-order valence-electron chi connectivity index (χ1n) is 5.87. The molecule has 0 radical (unpaired) electrons. The van der Waals surface area contributed by atoms with Crippen molar-refractivity contribution in [1.29, 1.82) is 0 Å². The molecule has 0 fully saturated rings. The number of amides is 2. The van der Waals surface area contributed by atoms with Crippen LogP contribution in [0.2, 0.25) is 0 Å². The summed E-state index contributed by atoms with van der Waals surface area (Å²) in [6.07, 6.45) is 1.53. The molecular formula is C12H11N7O2. The Hall–Kier alpha value is -3.32. The van der Waals surface area contributed by atoms with E-state index in [0.29, 0.717) is 17.1 Å². The van der Waals surface area contributed by atoms with Gasteiger partial charge in [-0.25, -0.2) is 0 Å². The summed E-state index contributed by atoms with van der Waals surface area (Å²) >= 11 is 0. The van der Waals surface area contributed by atoms with E-state index in [-0.39, 0.29) is 12.5 Å². The second-order valence-electron chi connectivity index (χ2n) is 4.06. The zero-order valence-corrected chi connectivity index (χ0v) is 10.8. The maximum atomic E-state index is 12.0. The molecule has 2 amide bonds. The summed E-state index contributed by atoms with van der Waals surface area (Å²) in [6.45, 7) is -0.0588. The highest BCUT2D eigenvalue weighted by Crippen LogP contribution is 2.14. The zero-order valence-electron chi connectivity index (χ0n) is 10.8. The second-order valence-corrected chi connectivity index (χ2v) is 4.06. The summed E-state index contributed by atoms with van der Waals surface area (Å²) in [5, 5.41) is 9.97. The molecule has 0 atom stereocenters. The predicted molar refractivity (Wildman–Crippen MR) is 74.6 cm³/mol. The summed E-state index contributed by atoms with van der Waals surface area (Å²) in [5.41, 5.74) is 14.1. The van der Waals surface area contributed by atoms with Crippen LogP contribution in [0.1, 0.15) is 10.4 Å². The summed E-state index contributed by atoms with van der Waals surface area (Å²) in [6, 6.07) is 7.66. The number of nitrogens with zero attached hydrogens (tertiary/aromatic N) is 5. The summed E-state index contributed by atoms with van der Waals surface area (Å²) in [5.74, 6) is -0.586. The third kappa shape index (κ3) is 3.82. The van der Waals surface area contributed by atoms with Crippen LogP contribution < -0.4 is 11.1 Å². The third-order valence-corrected chi connectivity index (χ3v) is 2.49. The smallest absolute Gasteiger partial charge is 0.256 e. The van der Waals surface area contributed by atoms with Crippen LogP contribution in [0.3, 0.4) is 0 Å². The number of hydrogen-bond acceptors (Lipinski definition) is 4. The van der Waals surface area contributed by atoms with Gasteiger partial charge in [0.05, 0.1) is 0 Å². The van der Waals surface area contributed by atoms with Crippen molar-refractivity contribution in [2.75, 3.05) is 5.32 Å². The lowest BCUT2D eigenvalue weighted by Crippen LogP contribution is -2.19. The Balaban J connectivity index is 2.05. The molecule has 0 saturated carbocycles. The normalized spacial score (nSPS) is 9.71. The highest BCUT2D eigenvalue weighted by molar-refractivity contribution is 6.03. The standard InChI is InChI=1S/C12H11N7O2/c13-10(20)7-19-6-5-11(17-19)15-12(21)8-1-3-9(4-2-8)16-18-14/h1-6H,7H2,(H2,13,20)(H,15,17,21). The molecule has 2 aromatic rings. The van der Waals surface area contributed by atoms with Gasteiger partial charge < -0.3 is 11.1 Å². The van der Waals surface area contributed by atoms with Crippen molar-refractivity contribution < 1.29 is 9.59 Å². The fraction of sp³-hybridized carbons (Fsp3) is 0.0833. The molecule has 0 unspecified atom stereocenters. The molecule has 3 N–H and O–H groups in total. The Morgan fingerprint density at radius 2 is 2.05 bits per heavy atom. The van der Waals surface area contributed by atoms with Crippen LogP contribution in [-0.4, -0.2) is 21.6 Å². The maximum absolute atomic E-state index is 12.0. The van der Waals surface area contributed by atoms with Gasteiger partial charge in [-0.2, -0.15) is 5.10 Å². The fourth-order valence-electron chi connectivity index (χ4n) is 1.60. The van der Waals surface area contributed by atoms with E-state index in [9.17, 15) is 9.59 Å². The van der Waals surface area contributed by atoms with Crippen LogP contribution in [-0.2, 0) is 11.3 Å². The van der Waals surface area contributed by atoms with Crippen molar-refractivity contribution in [3.8, 4) is 0 Å². The number of carbonyl (C=O) groups is 2. The quantitative estimate of drug-likeness (QED) is 0.489. The molecule has 106 valence electrons. The lowest BCUT2D eigenvalue weighted by molar-refractivity contribution is -0.118. The zero-order chi connectivity index (χ0) is 15.2. The van der Waals surface area contributed by atoms with Crippen molar-refractivity contribution >= 4 is 23.3 Å². The SMILES string of the molecule is [N-]=[N+]=Nc1ccc(C(=O)Nc2ccn(CC(N)=O)n2)cc1. The molecule has 1 aromatic heterocycles. The van der Waals surface area contributed by atoms with Gasteiger partial charge in [0, 0.05) is 28.4 Å². The average Bonchev–Trinajstić information content (AvgIpc) is 2.86. The molecule has 21 heavy (non-hydrogen) atoms. The van der Waals surface area contributed by atoms with E-state index in [1.54, 1.807) is 6.07 Å². The van der Waals surface area contributed by atoms with Crippen LogP contribution in [0.4, 0.5) is 11.5 Å². The highest BCUT2D eigenvalue weighted by Gasteiger charge is 2.08. The Morgan fingerprint density at radius 3 is 2.67 bits per heavy atom. The number of nitrogens with one attached hydrogen (secondary N) is 1. The Kier molecular flexibility index (Phi) is 4.17. The number of carbonyl (C=O) groups excluding carboxylic acids is 2. The molecule has 1 heterocycles. The number of aromatic nitrogens is 2. The molecule has 0 spiro atoms. The topological polar surface area (TPSA) is 139 Å². The Labute approximate surface area is 119 Å². The Bertz CT molecular complexity index is 713. The van der Waals surface area contributed by atoms with E-state index < -0.39 is 5.91 Å². The van der Waals surface area contributed by atoms with Crippen molar-refractivity contribution in [2.45, 2.75) is 6.54 Å². The predicted octanol–water partition coefficient (Wildman–Crippen LogP) is 1.56. The van der Waals surface area contributed by atoms with E-state index in [4.69, 9.17) is 11.3 Å². The molecule has 0 bridgehead atoms. The summed E-state index contributed by atoms with van der Waals surface area (Å²) in [7, 11) is 0. The number of primary amides is 1. The maximum Gasteiger partial charge on any atom is 0.256 e. The lowest BCUT2D eigenvalue weighted by atomic mass is 10.2. The number of nitrogens with two attached hydrogens (primary N) is 1. The van der Waals surface area contributed by atoms with Gasteiger partial charge in [-0.1, -0.05) is 17.2 Å². The second kappa shape index (κ2) is 6.22. The number of anilines is 1. The summed E-state index contributed by atoms with van der Waals surface area (Å²) < 4.78 is 1.32. The fourth-order valence-corrected chi connectivity index (χ4v) is 1.60. The van der Waals surface area contributed by atoms with E-state index in [1.165, 1.54) is 35.1 Å². The first kappa shape index (κ1) is 14.1. The molecule has 0 aliphatic heterocycles. The van der Waals surface area contributed by atoms with Crippen molar-refractivity contribution in [3.63, 3.8) is 0 Å². The third-order valence-electron chi connectivity index (χ3n) is 2.49. The highest BCUT2D eigenvalue weighted by atomic mass is 16.2. The van der Waals surface area contributed by atoms with Crippen molar-refractivity contribution in [3.05, 3.63) is 52.5 Å². The van der Waals surface area contributed by atoms with Gasteiger partial charge in [-0.15, -0.1) is 0 Å². The van der Waals surface area contributed by atoms with Gasteiger partial charge in [0.1, 0.15) is 6.54 Å². The van der Waals surface area contributed by atoms with Gasteiger partial charge in [0.2, 0.25) is 5.91 Å². The number of hydrogen-bond donors (Lipinski definition) is 2. The van der Waals surface area contributed by atoms with Gasteiger partial charge in [-0.05, 0) is 17.7 Å². The Morgan fingerprint density at radius 1 is 1.33 bits per heavy atom. The van der Waals surface area contributed by atoms with E-state index in [1.807, 2.05) is 0 Å². The minimum Gasteiger partial charge on any atom is -0.368 e. The molecule has 0 saturated heterocycles. The molecule has 9 nitrogen and oxygen atoms in total. The first-order valence-corrected chi connectivity index (χ1v) is 5.87. The molecule has 9 heteroatoms. The molecule has 2 rings (SSSR count). The van der Waals surface area contributed by atoms with Crippen LogP contribution >= 0.6 is 0 Å². The number of rotatable bonds is 5. The largest absolute Gasteiger partial charge is 0.368 e. The van der Waals surface area contributed by atoms with Crippen LogP contribution in [0.15, 0.2) is 41.6 Å². The van der Waals surface area contributed by atoms with Crippen LogP contribution in [0, 0.1) is 0 Å². The van der Waals surface area contributed by atoms with Gasteiger partial charge in [-0.3, -0.25) is 14.3 Å². The van der Waals surface area contributed by atoms with E-state index in [2.05, 4.69) is 20.4 Å². The average molecular weight is 285 g/mol. The van der Waals surface area contributed by atoms with Crippen LogP contribution in [0.5, 0.6) is 0 Å². The monoisotopic (exact) mass is 285 g/mol. The van der Waals surface area contributed by atoms with Gasteiger partial charge in [0.25, 0.3) is 5.91 Å². The van der Waals surface area contributed by atoms with Crippen LogP contribution in [0.25, 0.3) is 10.4 Å². The summed E-state index contributed by atoms with van der Waals surface area (Å²) in [4.78, 5) is 25.4. The first-order chi connectivity index (χ1) is 10.1. The van der Waals surface area contributed by atoms with Gasteiger partial charge >= 0.3 is 0 Å². The van der Waals surface area contributed by atoms with E-state index >= 15 is 0 Å². The van der Waals surface area contributed by atoms with Crippen molar-refractivity contribution in [1.82, 2.24) is 9.78 Å². The molecular weight excluding hydrogens is 274 g/mol. The minimum atomic E-state index is -0.524. The molecule has 0 aliphatic carbocycles. The lowest BCUT2D eigenvalue weighted by Gasteiger charge is -2.02. The van der Waals surface area contributed by atoms with Gasteiger partial charge in [0.15, 0.2) is 5.82 Å². The van der Waals surface area contributed by atoms with E-state index in [0.717, 1.165) is 0 Å². The minimum absolute atomic E-state index is 0.0588. The number of azide groups is 1. The molecule has 0 aliphatic rings. The molecule has 1 aromatic carbocycles.